The summed E-state index contributed by atoms with van der Waals surface area (Å²) in [5.41, 5.74) is 0. The van der Waals surface area contributed by atoms with Crippen molar-refractivity contribution in [2.75, 3.05) is 13.2 Å². The summed E-state index contributed by atoms with van der Waals surface area (Å²) in [7, 11) is 0. The average Bonchev–Trinajstić information content (AvgIpc) is 2.41. The SMILES string of the molecule is CC(Br)CCC(=O)OCCCCCOC(=O)CCC(C)Br. The maximum Gasteiger partial charge on any atom is 0.305 e. The largest absolute Gasteiger partial charge is 0.466 e. The smallest absolute Gasteiger partial charge is 0.305 e. The number of ether oxygens (including phenoxy) is 2. The lowest BCUT2D eigenvalue weighted by Crippen LogP contribution is -2.09. The minimum Gasteiger partial charge on any atom is -0.466 e. The van der Waals surface area contributed by atoms with Gasteiger partial charge in [-0.2, -0.15) is 0 Å². The molecule has 4 nitrogen and oxygen atoms in total. The van der Waals surface area contributed by atoms with E-state index in [1.54, 1.807) is 0 Å². The Morgan fingerprint density at radius 1 is 0.810 bits per heavy atom. The molecule has 0 aromatic heterocycles. The van der Waals surface area contributed by atoms with E-state index < -0.39 is 0 Å². The van der Waals surface area contributed by atoms with Gasteiger partial charge in [-0.05, 0) is 32.1 Å². The minimum absolute atomic E-state index is 0.142. The van der Waals surface area contributed by atoms with Crippen molar-refractivity contribution in [1.29, 1.82) is 0 Å². The fraction of sp³-hybridized carbons (Fsp3) is 0.867. The van der Waals surface area contributed by atoms with Crippen LogP contribution >= 0.6 is 31.9 Å². The Bertz CT molecular complexity index is 265. The van der Waals surface area contributed by atoms with E-state index in [-0.39, 0.29) is 11.9 Å². The number of carbonyl (C=O) groups is 2. The third kappa shape index (κ3) is 16.1. The first-order chi connectivity index (χ1) is 9.91. The molecule has 124 valence electrons. The fourth-order valence-corrected chi connectivity index (χ4v) is 1.99. The highest BCUT2D eigenvalue weighted by Gasteiger charge is 2.06. The van der Waals surface area contributed by atoms with Gasteiger partial charge in [-0.15, -0.1) is 0 Å². The molecule has 0 fully saturated rings. The normalized spacial score (nSPS) is 13.5. The molecule has 0 saturated carbocycles. The van der Waals surface area contributed by atoms with Crippen LogP contribution in [0.15, 0.2) is 0 Å². The maximum atomic E-state index is 11.3. The molecule has 0 aliphatic carbocycles. The molecule has 0 aromatic rings. The summed E-state index contributed by atoms with van der Waals surface area (Å²) in [6.07, 6.45) is 5.01. The van der Waals surface area contributed by atoms with Crippen molar-refractivity contribution in [3.63, 3.8) is 0 Å². The van der Waals surface area contributed by atoms with Crippen molar-refractivity contribution in [2.24, 2.45) is 0 Å². The van der Waals surface area contributed by atoms with E-state index >= 15 is 0 Å². The average molecular weight is 430 g/mol. The zero-order valence-corrected chi connectivity index (χ0v) is 16.1. The summed E-state index contributed by atoms with van der Waals surface area (Å²) in [4.78, 5) is 23.4. The number of halogens is 2. The lowest BCUT2D eigenvalue weighted by atomic mass is 10.2. The zero-order chi connectivity index (χ0) is 16.1. The molecule has 0 heterocycles. The van der Waals surface area contributed by atoms with E-state index in [2.05, 4.69) is 31.9 Å². The van der Waals surface area contributed by atoms with Gasteiger partial charge in [-0.3, -0.25) is 9.59 Å². The number of unbranched alkanes of at least 4 members (excludes halogenated alkanes) is 2. The van der Waals surface area contributed by atoms with Crippen LogP contribution in [-0.2, 0) is 19.1 Å². The minimum atomic E-state index is -0.142. The number of rotatable bonds is 12. The standard InChI is InChI=1S/C15H26Br2O4/c1-12(16)6-8-14(18)20-10-4-3-5-11-21-15(19)9-7-13(2)17/h12-13H,3-11H2,1-2H3. The molecular weight excluding hydrogens is 404 g/mol. The summed E-state index contributed by atoms with van der Waals surface area (Å²) in [6.45, 7) is 4.91. The molecule has 21 heavy (non-hydrogen) atoms. The van der Waals surface area contributed by atoms with Crippen LogP contribution in [0.5, 0.6) is 0 Å². The predicted octanol–water partition coefficient (Wildman–Crippen LogP) is 4.37. The van der Waals surface area contributed by atoms with Crippen molar-refractivity contribution >= 4 is 43.8 Å². The Hall–Kier alpha value is -0.100. The summed E-state index contributed by atoms with van der Waals surface area (Å²) in [5.74, 6) is -0.284. The van der Waals surface area contributed by atoms with Gasteiger partial charge in [0.25, 0.3) is 0 Å². The molecule has 0 aliphatic heterocycles. The molecule has 0 amide bonds. The number of hydrogen-bond donors (Lipinski definition) is 0. The quantitative estimate of drug-likeness (QED) is 0.262. The van der Waals surface area contributed by atoms with Crippen molar-refractivity contribution < 1.29 is 19.1 Å². The van der Waals surface area contributed by atoms with Crippen LogP contribution in [0, 0.1) is 0 Å². The van der Waals surface area contributed by atoms with Gasteiger partial charge in [-0.25, -0.2) is 0 Å². The molecule has 0 bridgehead atoms. The Kier molecular flexibility index (Phi) is 13.5. The van der Waals surface area contributed by atoms with E-state index in [9.17, 15) is 9.59 Å². The third-order valence-corrected chi connectivity index (χ3v) is 3.72. The molecule has 0 spiro atoms. The number of carbonyl (C=O) groups excluding carboxylic acids is 2. The van der Waals surface area contributed by atoms with E-state index in [0.29, 0.717) is 35.7 Å². The van der Waals surface area contributed by atoms with Gasteiger partial charge in [0.2, 0.25) is 0 Å². The predicted molar refractivity (Wildman–Crippen MR) is 91.0 cm³/mol. The van der Waals surface area contributed by atoms with Crippen LogP contribution in [-0.4, -0.2) is 34.8 Å². The van der Waals surface area contributed by atoms with Crippen LogP contribution in [0.25, 0.3) is 0 Å². The molecule has 0 rings (SSSR count). The van der Waals surface area contributed by atoms with Crippen LogP contribution in [0.2, 0.25) is 0 Å². The molecule has 2 unspecified atom stereocenters. The van der Waals surface area contributed by atoms with Gasteiger partial charge in [0.05, 0.1) is 13.2 Å². The van der Waals surface area contributed by atoms with Gasteiger partial charge in [0.15, 0.2) is 0 Å². The summed E-state index contributed by atoms with van der Waals surface area (Å²) >= 11 is 6.78. The molecule has 2 atom stereocenters. The zero-order valence-electron chi connectivity index (χ0n) is 12.9. The fourth-order valence-electron chi connectivity index (χ4n) is 1.53. The molecule has 0 radical (unpaired) electrons. The second kappa shape index (κ2) is 13.6. The van der Waals surface area contributed by atoms with Crippen LogP contribution < -0.4 is 0 Å². The first-order valence-corrected chi connectivity index (χ1v) is 9.34. The highest BCUT2D eigenvalue weighted by Crippen LogP contribution is 2.08. The first-order valence-electron chi connectivity index (χ1n) is 7.51. The molecule has 6 heteroatoms. The molecule has 0 N–H and O–H groups in total. The monoisotopic (exact) mass is 428 g/mol. The molecule has 0 aromatic carbocycles. The van der Waals surface area contributed by atoms with E-state index in [0.717, 1.165) is 32.1 Å². The van der Waals surface area contributed by atoms with Gasteiger partial charge >= 0.3 is 11.9 Å². The third-order valence-electron chi connectivity index (χ3n) is 2.81. The van der Waals surface area contributed by atoms with Gasteiger partial charge in [-0.1, -0.05) is 45.7 Å². The van der Waals surface area contributed by atoms with E-state index in [4.69, 9.17) is 9.47 Å². The maximum absolute atomic E-state index is 11.3. The van der Waals surface area contributed by atoms with Crippen molar-refractivity contribution in [3.8, 4) is 0 Å². The Morgan fingerprint density at radius 2 is 1.19 bits per heavy atom. The van der Waals surface area contributed by atoms with E-state index in [1.807, 2.05) is 13.8 Å². The van der Waals surface area contributed by atoms with Gasteiger partial charge in [0.1, 0.15) is 0 Å². The Morgan fingerprint density at radius 3 is 1.52 bits per heavy atom. The molecule has 0 saturated heterocycles. The topological polar surface area (TPSA) is 52.6 Å². The number of hydrogen-bond acceptors (Lipinski definition) is 4. The number of esters is 2. The highest BCUT2D eigenvalue weighted by atomic mass is 79.9. The van der Waals surface area contributed by atoms with Crippen LogP contribution in [0.1, 0.15) is 58.8 Å². The second-order valence-corrected chi connectivity index (χ2v) is 8.27. The summed E-state index contributed by atoms with van der Waals surface area (Å²) in [6, 6.07) is 0. The van der Waals surface area contributed by atoms with Crippen LogP contribution in [0.4, 0.5) is 0 Å². The van der Waals surface area contributed by atoms with Gasteiger partial charge in [0, 0.05) is 22.5 Å². The summed E-state index contributed by atoms with van der Waals surface area (Å²) in [5, 5.41) is 0. The number of alkyl halides is 2. The first kappa shape index (κ1) is 20.9. The summed E-state index contributed by atoms with van der Waals surface area (Å²) < 4.78 is 10.2. The van der Waals surface area contributed by atoms with Crippen molar-refractivity contribution in [2.45, 2.75) is 68.4 Å². The Labute approximate surface area is 144 Å². The van der Waals surface area contributed by atoms with Crippen molar-refractivity contribution in [1.82, 2.24) is 0 Å². The van der Waals surface area contributed by atoms with Crippen LogP contribution in [0.3, 0.4) is 0 Å². The molecular formula is C15H26Br2O4. The Balaban J connectivity index is 3.32. The second-order valence-electron chi connectivity index (χ2n) is 5.14. The van der Waals surface area contributed by atoms with E-state index in [1.165, 1.54) is 0 Å². The van der Waals surface area contributed by atoms with Gasteiger partial charge < -0.3 is 9.47 Å². The molecule has 0 aliphatic rings. The lowest BCUT2D eigenvalue weighted by Gasteiger charge is -2.07. The highest BCUT2D eigenvalue weighted by molar-refractivity contribution is 9.09. The lowest BCUT2D eigenvalue weighted by molar-refractivity contribution is -0.144. The van der Waals surface area contributed by atoms with Crippen molar-refractivity contribution in [3.05, 3.63) is 0 Å².